The number of carbonyl (C=O) groups excluding carboxylic acids is 9. The third-order valence-electron chi connectivity index (χ3n) is 24.6. The summed E-state index contributed by atoms with van der Waals surface area (Å²) in [5.74, 6) is -1.27. The summed E-state index contributed by atoms with van der Waals surface area (Å²) in [6, 6.07) is 9.42. The fourth-order valence-corrected chi connectivity index (χ4v) is 14.9. The lowest BCUT2D eigenvalue weighted by Gasteiger charge is -2.43. The van der Waals surface area contributed by atoms with E-state index >= 15 is 0 Å². The highest BCUT2D eigenvalue weighted by molar-refractivity contribution is 5.79. The van der Waals surface area contributed by atoms with E-state index in [-0.39, 0.29) is 296 Å². The lowest BCUT2D eigenvalue weighted by molar-refractivity contribution is -0.276. The second-order valence-electron chi connectivity index (χ2n) is 35.8. The average molecular weight is 1860 g/mol. The number of amides is 5. The molecule has 16 atom stereocenters. The molecule has 1 aromatic rings. The van der Waals surface area contributed by atoms with Crippen molar-refractivity contribution in [3.8, 4) is 0 Å². The number of hydrogen-bond acceptors (Lipinski definition) is 30. The molecule has 35 nitrogen and oxygen atoms in total. The van der Waals surface area contributed by atoms with Crippen LogP contribution >= 0.6 is 0 Å². The average Bonchev–Trinajstić information content (AvgIpc) is 0.815. The van der Waals surface area contributed by atoms with Crippen LogP contribution in [-0.4, -0.2) is 301 Å². The first-order valence-electron chi connectivity index (χ1n) is 47.5. The fraction of sp³-hybridized carbons (Fsp3) is 0.842. The Labute approximate surface area is 773 Å². The number of benzene rings is 1. The summed E-state index contributed by atoms with van der Waals surface area (Å²) in [5.41, 5.74) is -0.635. The Morgan fingerprint density at radius 1 is 0.323 bits per heavy atom. The van der Waals surface area contributed by atoms with Crippen molar-refractivity contribution in [1.82, 2.24) is 26.6 Å². The molecule has 35 heteroatoms. The van der Waals surface area contributed by atoms with Crippen molar-refractivity contribution >= 4 is 53.4 Å². The van der Waals surface area contributed by atoms with Crippen LogP contribution in [0.5, 0.6) is 0 Å². The minimum absolute atomic E-state index is 0.00748. The van der Waals surface area contributed by atoms with Gasteiger partial charge in [-0.25, -0.2) is 4.79 Å². The van der Waals surface area contributed by atoms with Crippen molar-refractivity contribution in [3.05, 3.63) is 35.9 Å². The number of unbranched alkanes of at least 4 members (excludes halogenated alkanes) is 7. The Bertz CT molecular complexity index is 3040. The van der Waals surface area contributed by atoms with Crippen LogP contribution in [0.3, 0.4) is 0 Å². The lowest BCUT2D eigenvalue weighted by atomic mass is 9.79. The van der Waals surface area contributed by atoms with Gasteiger partial charge in [-0.3, -0.25) is 38.4 Å². The van der Waals surface area contributed by atoms with Crippen molar-refractivity contribution < 1.29 is 143 Å². The molecule has 4 rings (SSSR count). The highest BCUT2D eigenvalue weighted by Gasteiger charge is 2.44. The van der Waals surface area contributed by atoms with E-state index < -0.39 is 41.6 Å². The van der Waals surface area contributed by atoms with E-state index in [9.17, 15) is 43.2 Å². The summed E-state index contributed by atoms with van der Waals surface area (Å²) in [6.07, 6.45) is 4.77. The number of ketones is 1. The molecule has 130 heavy (non-hydrogen) atoms. The van der Waals surface area contributed by atoms with E-state index in [1.165, 1.54) is 20.8 Å². The third kappa shape index (κ3) is 50.4. The number of esters is 3. The first-order valence-corrected chi connectivity index (χ1v) is 47.5. The van der Waals surface area contributed by atoms with Crippen LogP contribution in [0.1, 0.15) is 206 Å². The summed E-state index contributed by atoms with van der Waals surface area (Å²) in [5, 5.41) is 14.3. The van der Waals surface area contributed by atoms with Gasteiger partial charge in [-0.05, 0) is 60.8 Å². The number of alkyl carbamates (subject to hydrolysis) is 1. The molecule has 3 aliphatic heterocycles. The third-order valence-corrected chi connectivity index (χ3v) is 24.6. The molecule has 16 unspecified atom stereocenters. The minimum Gasteiger partial charge on any atom is -0.463 e. The zero-order valence-electron chi connectivity index (χ0n) is 81.3. The summed E-state index contributed by atoms with van der Waals surface area (Å²) >= 11 is 0. The van der Waals surface area contributed by atoms with Crippen LogP contribution in [0.15, 0.2) is 30.3 Å². The Kier molecular flexibility index (Phi) is 60.6. The van der Waals surface area contributed by atoms with Gasteiger partial charge in [0, 0.05) is 121 Å². The molecular formula is C95H165N5O30. The molecule has 0 aliphatic carbocycles. The highest BCUT2D eigenvalue weighted by Crippen LogP contribution is 2.39. The van der Waals surface area contributed by atoms with Gasteiger partial charge in [-0.15, -0.1) is 0 Å². The maximum absolute atomic E-state index is 14.3. The van der Waals surface area contributed by atoms with E-state index in [4.69, 9.17) is 99.5 Å². The smallest absolute Gasteiger partial charge is 0.407 e. The standard InChI is InChI=1S/C95H165N5O30/c1-68-71(4)82(62-122-77(10)101)128-89(74(68)7)119-57-54-113-51-48-110-43-35-96-86(106)32-40-116-65-95(66-117-41-33-87(107)97-36-44-111-49-52-114-55-58-120-90-75(8)69(2)72(5)83(129-90)63-123-78(11)102,67-118-42-34-88(108)98-37-45-112-50-53-115-56-59-121-91-76(9)70(3)73(6)84(130-91)64-124-79(12)103)60-81(104)30-26-21-19-17-18-20-22-27-31-85(105)99-38-46-126-94(16,93(13,14)15)127-47-39-100-92(109)125-61-80-28-24-23-25-29-80/h23-25,28-29,68-76,82-84,89-91H,17-22,26-27,30-67H2,1-16H3,(H,96,106)(H,97,107)(H,98,108)(H,99,105)(H,100,109). The summed E-state index contributed by atoms with van der Waals surface area (Å²) in [6.45, 7) is 37.3. The monoisotopic (exact) mass is 1860 g/mol. The molecule has 5 amide bonds. The summed E-state index contributed by atoms with van der Waals surface area (Å²) in [4.78, 5) is 113. The Morgan fingerprint density at radius 3 is 0.977 bits per heavy atom. The Balaban J connectivity index is 1.27. The molecule has 1 aromatic carbocycles. The molecule has 0 aromatic heterocycles. The largest absolute Gasteiger partial charge is 0.463 e. The molecule has 750 valence electrons. The Hall–Kier alpha value is -6.23. The normalized spacial score (nSPS) is 23.2. The summed E-state index contributed by atoms with van der Waals surface area (Å²) < 4.78 is 123. The van der Waals surface area contributed by atoms with Crippen LogP contribution < -0.4 is 26.6 Å². The molecule has 5 N–H and O–H groups in total. The van der Waals surface area contributed by atoms with Gasteiger partial charge in [0.05, 0.1) is 170 Å². The molecule has 3 fully saturated rings. The van der Waals surface area contributed by atoms with Crippen molar-refractivity contribution in [1.29, 1.82) is 0 Å². The number of rotatable bonds is 74. The van der Waals surface area contributed by atoms with Gasteiger partial charge in [0.15, 0.2) is 24.7 Å². The number of nitrogens with one attached hydrogen (secondary N) is 5. The topological polar surface area (TPSA) is 408 Å². The number of ether oxygens (including phenoxy) is 21. The molecule has 3 heterocycles. The SMILES string of the molecule is CC(=O)OCC1OC(OCCOCCOCCNC(=O)CCOCC(COCCC(=O)NCCOCCOCCOC2OC(COC(C)=O)C(C)C(C)C2C)(COCCC(=O)NCCOCCOCCOC2OC(COC(C)=O)C(C)C(C)C2C)CC(=O)CCCCCCCCCCC(=O)NCCOC(C)(OCCNC(=O)OCc2ccccc2)C(C)(C)C)C(C)C(C)C1C. The van der Waals surface area contributed by atoms with Crippen molar-refractivity contribution in [3.63, 3.8) is 0 Å². The molecule has 0 radical (unpaired) electrons. The maximum Gasteiger partial charge on any atom is 0.407 e. The van der Waals surface area contributed by atoms with Crippen molar-refractivity contribution in [2.75, 3.05) is 205 Å². The fourth-order valence-electron chi connectivity index (χ4n) is 14.9. The van der Waals surface area contributed by atoms with Crippen LogP contribution in [0.2, 0.25) is 0 Å². The van der Waals surface area contributed by atoms with Gasteiger partial charge < -0.3 is 126 Å². The van der Waals surface area contributed by atoms with Crippen LogP contribution in [0.4, 0.5) is 4.79 Å². The maximum atomic E-state index is 14.3. The van der Waals surface area contributed by atoms with Crippen LogP contribution in [0, 0.1) is 64.1 Å². The van der Waals surface area contributed by atoms with Crippen LogP contribution in [-0.2, 0) is 144 Å². The molecule has 0 spiro atoms. The zero-order chi connectivity index (χ0) is 95.4. The van der Waals surface area contributed by atoms with Gasteiger partial charge in [-0.1, -0.05) is 152 Å². The van der Waals surface area contributed by atoms with Crippen molar-refractivity contribution in [2.45, 2.75) is 250 Å². The van der Waals surface area contributed by atoms with Gasteiger partial charge in [0.2, 0.25) is 23.6 Å². The first-order chi connectivity index (χ1) is 62.2. The molecule has 0 bridgehead atoms. The van der Waals surface area contributed by atoms with E-state index in [0.717, 1.165) is 50.5 Å². The molecule has 0 saturated carbocycles. The van der Waals surface area contributed by atoms with Gasteiger partial charge >= 0.3 is 24.0 Å². The number of Topliss-reactive ketones (excluding diaryl/α,β-unsaturated/α-hetero) is 1. The zero-order valence-corrected chi connectivity index (χ0v) is 81.3. The predicted octanol–water partition coefficient (Wildman–Crippen LogP) is 9.98. The molecule has 3 saturated heterocycles. The second kappa shape index (κ2) is 67.9. The van der Waals surface area contributed by atoms with Gasteiger partial charge in [-0.2, -0.15) is 0 Å². The van der Waals surface area contributed by atoms with E-state index in [0.29, 0.717) is 78.8 Å². The van der Waals surface area contributed by atoms with Crippen LogP contribution in [0.25, 0.3) is 0 Å². The predicted molar refractivity (Wildman–Crippen MR) is 482 cm³/mol. The quantitative estimate of drug-likeness (QED) is 0.0175. The molecular weight excluding hydrogens is 1690 g/mol. The second-order valence-corrected chi connectivity index (χ2v) is 35.8. The van der Waals surface area contributed by atoms with Gasteiger partial charge in [0.25, 0.3) is 0 Å². The van der Waals surface area contributed by atoms with E-state index in [2.05, 4.69) is 88.9 Å². The van der Waals surface area contributed by atoms with Crippen molar-refractivity contribution in [2.24, 2.45) is 64.1 Å². The molecule has 3 aliphatic rings. The Morgan fingerprint density at radius 2 is 0.631 bits per heavy atom. The van der Waals surface area contributed by atoms with E-state index in [1.807, 2.05) is 58.0 Å². The minimum atomic E-state index is -1.10. The lowest BCUT2D eigenvalue weighted by Crippen LogP contribution is -2.48. The highest BCUT2D eigenvalue weighted by atomic mass is 16.7. The number of carbonyl (C=O) groups is 9. The van der Waals surface area contributed by atoms with Gasteiger partial charge in [0.1, 0.15) is 32.2 Å². The van der Waals surface area contributed by atoms with E-state index in [1.54, 1.807) is 0 Å². The number of hydrogen-bond donors (Lipinski definition) is 5. The first kappa shape index (κ1) is 116. The summed E-state index contributed by atoms with van der Waals surface area (Å²) in [7, 11) is 0.